The number of aromatic nitrogens is 1. The van der Waals surface area contributed by atoms with Crippen LogP contribution in [0.25, 0.3) is 0 Å². The van der Waals surface area contributed by atoms with Gasteiger partial charge in [0.25, 0.3) is 5.91 Å². The topological polar surface area (TPSA) is 55.1 Å². The fraction of sp³-hybridized carbons (Fsp3) is 0.238. The highest BCUT2D eigenvalue weighted by Gasteiger charge is 2.14. The van der Waals surface area contributed by atoms with Crippen molar-refractivity contribution in [2.75, 3.05) is 12.3 Å². The van der Waals surface area contributed by atoms with Crippen LogP contribution in [0.5, 0.6) is 0 Å². The van der Waals surface area contributed by atoms with Crippen molar-refractivity contribution >= 4 is 29.4 Å². The Labute approximate surface area is 168 Å². The van der Waals surface area contributed by atoms with Crippen molar-refractivity contribution in [2.45, 2.75) is 29.4 Å². The predicted molar refractivity (Wildman–Crippen MR) is 111 cm³/mol. The first-order chi connectivity index (χ1) is 13.1. The monoisotopic (exact) mass is 398 g/mol. The Morgan fingerprint density at radius 3 is 2.52 bits per heavy atom. The molecule has 3 aromatic rings. The number of hydrogen-bond acceptors (Lipinski definition) is 5. The van der Waals surface area contributed by atoms with Crippen LogP contribution in [0.1, 0.15) is 27.4 Å². The van der Waals surface area contributed by atoms with E-state index in [0.717, 1.165) is 33.4 Å². The van der Waals surface area contributed by atoms with Gasteiger partial charge < -0.3 is 9.84 Å². The Morgan fingerprint density at radius 1 is 1.04 bits per heavy atom. The lowest BCUT2D eigenvalue weighted by Gasteiger charge is -2.10. The number of rotatable bonds is 8. The number of hydrogen-bond donors (Lipinski definition) is 1. The van der Waals surface area contributed by atoms with Gasteiger partial charge in [0.2, 0.25) is 0 Å². The SMILES string of the molecule is Cc1noc(C)c1CSc1ccccc1C(=O)NCCSc1ccccc1. The van der Waals surface area contributed by atoms with Crippen molar-refractivity contribution in [3.63, 3.8) is 0 Å². The van der Waals surface area contributed by atoms with E-state index in [2.05, 4.69) is 22.6 Å². The summed E-state index contributed by atoms with van der Waals surface area (Å²) in [6.45, 7) is 4.48. The summed E-state index contributed by atoms with van der Waals surface area (Å²) in [6, 6.07) is 17.9. The third-order valence-electron chi connectivity index (χ3n) is 4.08. The molecule has 140 valence electrons. The zero-order chi connectivity index (χ0) is 19.1. The van der Waals surface area contributed by atoms with Crippen LogP contribution < -0.4 is 5.32 Å². The van der Waals surface area contributed by atoms with Gasteiger partial charge in [0, 0.05) is 33.4 Å². The van der Waals surface area contributed by atoms with Gasteiger partial charge in [0.05, 0.1) is 11.3 Å². The van der Waals surface area contributed by atoms with Crippen molar-refractivity contribution in [3.8, 4) is 0 Å². The van der Waals surface area contributed by atoms with E-state index in [-0.39, 0.29) is 5.91 Å². The maximum atomic E-state index is 12.6. The molecule has 1 N–H and O–H groups in total. The smallest absolute Gasteiger partial charge is 0.252 e. The van der Waals surface area contributed by atoms with E-state index < -0.39 is 0 Å². The van der Waals surface area contributed by atoms with Crippen LogP contribution in [0.2, 0.25) is 0 Å². The van der Waals surface area contributed by atoms with E-state index in [0.29, 0.717) is 12.1 Å². The summed E-state index contributed by atoms with van der Waals surface area (Å²) in [5.41, 5.74) is 2.70. The standard InChI is InChI=1S/C21H22N2O2S2/c1-15-19(16(2)25-23-15)14-27-20-11-7-6-10-18(20)21(24)22-12-13-26-17-8-4-3-5-9-17/h3-11H,12-14H2,1-2H3,(H,22,24). The number of thioether (sulfide) groups is 2. The zero-order valence-electron chi connectivity index (χ0n) is 15.4. The fourth-order valence-corrected chi connectivity index (χ4v) is 4.58. The van der Waals surface area contributed by atoms with Gasteiger partial charge in [-0.1, -0.05) is 35.5 Å². The van der Waals surface area contributed by atoms with E-state index in [1.54, 1.807) is 23.5 Å². The first-order valence-corrected chi connectivity index (χ1v) is 10.7. The van der Waals surface area contributed by atoms with Gasteiger partial charge in [-0.15, -0.1) is 23.5 Å². The molecule has 0 aliphatic heterocycles. The maximum Gasteiger partial charge on any atom is 0.252 e. The summed E-state index contributed by atoms with van der Waals surface area (Å²) < 4.78 is 5.22. The molecule has 0 spiro atoms. The molecule has 0 unspecified atom stereocenters. The van der Waals surface area contributed by atoms with Gasteiger partial charge in [0.1, 0.15) is 5.76 Å². The molecule has 1 amide bonds. The zero-order valence-corrected chi connectivity index (χ0v) is 17.0. The second kappa shape index (κ2) is 9.67. The Kier molecular flexibility index (Phi) is 7.01. The first-order valence-electron chi connectivity index (χ1n) is 8.75. The molecule has 1 heterocycles. The summed E-state index contributed by atoms with van der Waals surface area (Å²) >= 11 is 3.37. The van der Waals surface area contributed by atoms with Crippen LogP contribution in [-0.2, 0) is 5.75 Å². The number of carbonyl (C=O) groups excluding carboxylic acids is 1. The molecule has 0 aliphatic carbocycles. The fourth-order valence-electron chi connectivity index (χ4n) is 2.58. The van der Waals surface area contributed by atoms with Crippen molar-refractivity contribution < 1.29 is 9.32 Å². The molecule has 4 nitrogen and oxygen atoms in total. The van der Waals surface area contributed by atoms with Crippen LogP contribution in [0.3, 0.4) is 0 Å². The van der Waals surface area contributed by atoms with Crippen molar-refractivity contribution in [1.82, 2.24) is 10.5 Å². The van der Waals surface area contributed by atoms with Crippen LogP contribution >= 0.6 is 23.5 Å². The van der Waals surface area contributed by atoms with E-state index in [9.17, 15) is 4.79 Å². The Morgan fingerprint density at radius 2 is 1.78 bits per heavy atom. The predicted octanol–water partition coefficient (Wildman–Crippen LogP) is 5.11. The normalized spacial score (nSPS) is 10.7. The van der Waals surface area contributed by atoms with E-state index in [4.69, 9.17) is 4.52 Å². The largest absolute Gasteiger partial charge is 0.361 e. The third kappa shape index (κ3) is 5.40. The molecule has 2 aromatic carbocycles. The highest BCUT2D eigenvalue weighted by atomic mass is 32.2. The lowest BCUT2D eigenvalue weighted by atomic mass is 10.2. The highest BCUT2D eigenvalue weighted by Crippen LogP contribution is 2.28. The molecule has 0 saturated carbocycles. The minimum absolute atomic E-state index is 0.0366. The van der Waals surface area contributed by atoms with Crippen molar-refractivity contribution in [1.29, 1.82) is 0 Å². The summed E-state index contributed by atoms with van der Waals surface area (Å²) in [5, 5.41) is 7.01. The quantitative estimate of drug-likeness (QED) is 0.422. The molecule has 6 heteroatoms. The van der Waals surface area contributed by atoms with Gasteiger partial charge in [-0.3, -0.25) is 4.79 Å². The molecule has 0 atom stereocenters. The number of aryl methyl sites for hydroxylation is 2. The van der Waals surface area contributed by atoms with Gasteiger partial charge in [-0.05, 0) is 38.1 Å². The van der Waals surface area contributed by atoms with Gasteiger partial charge in [0.15, 0.2) is 0 Å². The molecule has 3 rings (SSSR count). The third-order valence-corrected chi connectivity index (χ3v) is 6.20. The second-order valence-corrected chi connectivity index (χ2v) is 8.19. The summed E-state index contributed by atoms with van der Waals surface area (Å²) in [7, 11) is 0. The molecule has 0 aliphatic rings. The summed E-state index contributed by atoms with van der Waals surface area (Å²) in [4.78, 5) is 14.8. The molecule has 0 saturated heterocycles. The van der Waals surface area contributed by atoms with Gasteiger partial charge >= 0.3 is 0 Å². The van der Waals surface area contributed by atoms with E-state index in [1.807, 2.05) is 56.3 Å². The lowest BCUT2D eigenvalue weighted by Crippen LogP contribution is -2.26. The Hall–Kier alpha value is -2.18. The van der Waals surface area contributed by atoms with E-state index >= 15 is 0 Å². The number of nitrogens with one attached hydrogen (secondary N) is 1. The average molecular weight is 399 g/mol. The average Bonchev–Trinajstić information content (AvgIpc) is 3.02. The molecular formula is C21H22N2O2S2. The maximum absolute atomic E-state index is 12.6. The lowest BCUT2D eigenvalue weighted by molar-refractivity contribution is 0.0953. The van der Waals surface area contributed by atoms with Crippen molar-refractivity contribution in [3.05, 3.63) is 77.2 Å². The number of benzene rings is 2. The molecule has 27 heavy (non-hydrogen) atoms. The molecule has 0 radical (unpaired) electrons. The summed E-state index contributed by atoms with van der Waals surface area (Å²) in [6.07, 6.45) is 0. The second-order valence-electron chi connectivity index (χ2n) is 6.00. The number of amides is 1. The highest BCUT2D eigenvalue weighted by molar-refractivity contribution is 7.99. The number of carbonyl (C=O) groups is 1. The van der Waals surface area contributed by atoms with Crippen LogP contribution in [0, 0.1) is 13.8 Å². The molecule has 0 fully saturated rings. The molecular weight excluding hydrogens is 376 g/mol. The van der Waals surface area contributed by atoms with Gasteiger partial charge in [-0.25, -0.2) is 0 Å². The minimum Gasteiger partial charge on any atom is -0.361 e. The Bertz CT molecular complexity index is 875. The van der Waals surface area contributed by atoms with Crippen molar-refractivity contribution in [2.24, 2.45) is 0 Å². The van der Waals surface area contributed by atoms with Crippen LogP contribution in [0.15, 0.2) is 68.9 Å². The van der Waals surface area contributed by atoms with Crippen LogP contribution in [-0.4, -0.2) is 23.4 Å². The minimum atomic E-state index is -0.0366. The first kappa shape index (κ1) is 19.6. The molecule has 1 aromatic heterocycles. The Balaban J connectivity index is 1.55. The van der Waals surface area contributed by atoms with Crippen LogP contribution in [0.4, 0.5) is 0 Å². The van der Waals surface area contributed by atoms with E-state index in [1.165, 1.54) is 4.90 Å². The summed E-state index contributed by atoms with van der Waals surface area (Å²) in [5.74, 6) is 2.37. The number of nitrogens with zero attached hydrogens (tertiary/aromatic N) is 1. The molecule has 0 bridgehead atoms. The van der Waals surface area contributed by atoms with Gasteiger partial charge in [-0.2, -0.15) is 0 Å².